The van der Waals surface area contributed by atoms with E-state index in [2.05, 4.69) is 10.1 Å². The molecule has 0 amide bonds. The first-order valence-corrected chi connectivity index (χ1v) is 8.39. The van der Waals surface area contributed by atoms with E-state index in [9.17, 15) is 20.1 Å². The Morgan fingerprint density at radius 2 is 2.00 bits per heavy atom. The SMILES string of the molecule is COC(=O)CCc1ccc(OCCCNc2cc([N+](=O)[O-])cc[n+]2[O-])cc1. The molecule has 1 aromatic carbocycles. The van der Waals surface area contributed by atoms with Crippen LogP contribution in [0.1, 0.15) is 18.4 Å². The minimum Gasteiger partial charge on any atom is -0.711 e. The number of nitrogens with one attached hydrogen (secondary N) is 1. The predicted molar refractivity (Wildman–Crippen MR) is 97.4 cm³/mol. The third-order valence-corrected chi connectivity index (χ3v) is 3.78. The summed E-state index contributed by atoms with van der Waals surface area (Å²) in [4.78, 5) is 21.3. The smallest absolute Gasteiger partial charge is 0.305 e. The van der Waals surface area contributed by atoms with E-state index in [-0.39, 0.29) is 17.5 Å². The molecule has 144 valence electrons. The van der Waals surface area contributed by atoms with Crippen molar-refractivity contribution in [2.75, 3.05) is 25.6 Å². The second-order valence-corrected chi connectivity index (χ2v) is 5.70. The average Bonchev–Trinajstić information content (AvgIpc) is 2.67. The van der Waals surface area contributed by atoms with Crippen LogP contribution in [0.25, 0.3) is 0 Å². The van der Waals surface area contributed by atoms with Gasteiger partial charge in [-0.15, -0.1) is 0 Å². The van der Waals surface area contributed by atoms with Gasteiger partial charge in [0.2, 0.25) is 0 Å². The van der Waals surface area contributed by atoms with Crippen LogP contribution in [0, 0.1) is 15.3 Å². The number of esters is 1. The Morgan fingerprint density at radius 3 is 2.67 bits per heavy atom. The standard InChI is InChI=1S/C18H21N3O6/c1-26-18(22)8-5-14-3-6-16(7-4-14)27-12-2-10-19-17-13-15(21(24)25)9-11-20(17)23/h3-4,6-7,9,11,13,19H,2,5,8,10,12H2,1H3. The molecule has 0 aliphatic heterocycles. The molecule has 0 aliphatic rings. The first kappa shape index (κ1) is 20.0. The van der Waals surface area contributed by atoms with Crippen molar-refractivity contribution in [3.05, 3.63) is 63.5 Å². The Bertz CT molecular complexity index is 779. The molecule has 1 aromatic heterocycles. The molecule has 0 atom stereocenters. The highest BCUT2D eigenvalue weighted by Gasteiger charge is 2.12. The number of nitro groups is 1. The first-order valence-electron chi connectivity index (χ1n) is 8.39. The predicted octanol–water partition coefficient (Wildman–Crippen LogP) is 2.21. The number of hydrogen-bond acceptors (Lipinski definition) is 7. The highest BCUT2D eigenvalue weighted by molar-refractivity contribution is 5.69. The van der Waals surface area contributed by atoms with E-state index in [1.807, 2.05) is 24.3 Å². The molecule has 0 aliphatic carbocycles. The highest BCUT2D eigenvalue weighted by atomic mass is 16.6. The molecule has 1 N–H and O–H groups in total. The van der Waals surface area contributed by atoms with Crippen LogP contribution in [-0.2, 0) is 16.0 Å². The third-order valence-electron chi connectivity index (χ3n) is 3.78. The van der Waals surface area contributed by atoms with E-state index in [1.165, 1.54) is 13.2 Å². The van der Waals surface area contributed by atoms with Gasteiger partial charge in [0.25, 0.3) is 11.5 Å². The topological polar surface area (TPSA) is 118 Å². The van der Waals surface area contributed by atoms with Crippen molar-refractivity contribution < 1.29 is 23.9 Å². The molecule has 9 heteroatoms. The zero-order valence-electron chi connectivity index (χ0n) is 14.9. The number of pyridine rings is 1. The van der Waals surface area contributed by atoms with Gasteiger partial charge in [-0.2, -0.15) is 0 Å². The summed E-state index contributed by atoms with van der Waals surface area (Å²) in [6.07, 6.45) is 2.64. The molecule has 0 radical (unpaired) electrons. The number of aryl methyl sites for hydroxylation is 1. The highest BCUT2D eigenvalue weighted by Crippen LogP contribution is 2.15. The van der Waals surface area contributed by atoms with Crippen molar-refractivity contribution in [2.24, 2.45) is 0 Å². The van der Waals surface area contributed by atoms with Gasteiger partial charge in [-0.3, -0.25) is 20.2 Å². The van der Waals surface area contributed by atoms with E-state index < -0.39 is 4.92 Å². The molecule has 0 bridgehead atoms. The van der Waals surface area contributed by atoms with Crippen LogP contribution < -0.4 is 14.8 Å². The molecule has 2 rings (SSSR count). The number of benzene rings is 1. The monoisotopic (exact) mass is 375 g/mol. The fourth-order valence-corrected chi connectivity index (χ4v) is 2.30. The van der Waals surface area contributed by atoms with Crippen LogP contribution in [0.4, 0.5) is 11.5 Å². The van der Waals surface area contributed by atoms with Crippen molar-refractivity contribution in [2.45, 2.75) is 19.3 Å². The molecular weight excluding hydrogens is 354 g/mol. The maximum atomic E-state index is 11.6. The van der Waals surface area contributed by atoms with Crippen LogP contribution >= 0.6 is 0 Å². The maximum Gasteiger partial charge on any atom is 0.305 e. The number of rotatable bonds is 10. The number of ether oxygens (including phenoxy) is 2. The Kier molecular flexibility index (Phi) is 7.36. The number of methoxy groups -OCH3 is 1. The average molecular weight is 375 g/mol. The van der Waals surface area contributed by atoms with Gasteiger partial charge in [0.1, 0.15) is 18.0 Å². The molecule has 9 nitrogen and oxygen atoms in total. The minimum absolute atomic E-state index is 0.124. The number of nitrogens with zero attached hydrogens (tertiary/aromatic N) is 2. The van der Waals surface area contributed by atoms with Crippen molar-refractivity contribution in [1.82, 2.24) is 0 Å². The molecular formula is C18H21N3O6. The van der Waals surface area contributed by atoms with Gasteiger partial charge in [-0.1, -0.05) is 12.1 Å². The molecule has 0 saturated heterocycles. The van der Waals surface area contributed by atoms with Crippen LogP contribution in [-0.4, -0.2) is 31.2 Å². The van der Waals surface area contributed by atoms with Crippen LogP contribution in [0.2, 0.25) is 0 Å². The summed E-state index contributed by atoms with van der Waals surface area (Å²) in [6, 6.07) is 9.77. The molecule has 0 fully saturated rings. The van der Waals surface area contributed by atoms with Crippen LogP contribution in [0.15, 0.2) is 42.6 Å². The van der Waals surface area contributed by atoms with E-state index in [1.54, 1.807) is 0 Å². The van der Waals surface area contributed by atoms with Gasteiger partial charge in [-0.25, -0.2) is 4.73 Å². The van der Waals surface area contributed by atoms with Crippen LogP contribution in [0.3, 0.4) is 0 Å². The van der Waals surface area contributed by atoms with E-state index >= 15 is 0 Å². The largest absolute Gasteiger partial charge is 0.711 e. The quantitative estimate of drug-likeness (QED) is 0.169. The summed E-state index contributed by atoms with van der Waals surface area (Å²) >= 11 is 0. The number of aromatic nitrogens is 1. The Balaban J connectivity index is 1.72. The van der Waals surface area contributed by atoms with Gasteiger partial charge in [0.15, 0.2) is 0 Å². The Hall–Kier alpha value is -3.36. The number of carbonyl (C=O) groups excluding carboxylic acids is 1. The second kappa shape index (κ2) is 9.95. The summed E-state index contributed by atoms with van der Waals surface area (Å²) in [5, 5.41) is 25.2. The van der Waals surface area contributed by atoms with Crippen molar-refractivity contribution in [3.8, 4) is 5.75 Å². The molecule has 0 saturated carbocycles. The lowest BCUT2D eigenvalue weighted by Crippen LogP contribution is -2.30. The van der Waals surface area contributed by atoms with E-state index in [4.69, 9.17) is 4.74 Å². The molecule has 2 aromatic rings. The summed E-state index contributed by atoms with van der Waals surface area (Å²) in [5.74, 6) is 0.580. The summed E-state index contributed by atoms with van der Waals surface area (Å²) in [7, 11) is 1.36. The lowest BCUT2D eigenvalue weighted by Gasteiger charge is -2.09. The second-order valence-electron chi connectivity index (χ2n) is 5.70. The normalized spacial score (nSPS) is 10.3. The van der Waals surface area contributed by atoms with Gasteiger partial charge < -0.3 is 14.7 Å². The maximum absolute atomic E-state index is 11.6. The summed E-state index contributed by atoms with van der Waals surface area (Å²) in [6.45, 7) is 0.850. The lowest BCUT2D eigenvalue weighted by molar-refractivity contribution is -0.591. The molecule has 1 heterocycles. The fourth-order valence-electron chi connectivity index (χ4n) is 2.30. The van der Waals surface area contributed by atoms with Gasteiger partial charge in [0.05, 0.1) is 31.3 Å². The Morgan fingerprint density at radius 1 is 1.26 bits per heavy atom. The van der Waals surface area contributed by atoms with Crippen molar-refractivity contribution >= 4 is 17.5 Å². The van der Waals surface area contributed by atoms with Gasteiger partial charge >= 0.3 is 5.97 Å². The number of anilines is 1. The Labute approximate surface area is 156 Å². The molecule has 0 unspecified atom stereocenters. The zero-order valence-corrected chi connectivity index (χ0v) is 14.9. The van der Waals surface area contributed by atoms with Gasteiger partial charge in [-0.05, 0) is 24.1 Å². The summed E-state index contributed by atoms with van der Waals surface area (Å²) in [5.41, 5.74) is 0.869. The van der Waals surface area contributed by atoms with Gasteiger partial charge in [0, 0.05) is 12.8 Å². The lowest BCUT2D eigenvalue weighted by atomic mass is 10.1. The fraction of sp³-hybridized carbons (Fsp3) is 0.333. The van der Waals surface area contributed by atoms with E-state index in [0.717, 1.165) is 17.8 Å². The van der Waals surface area contributed by atoms with Crippen LogP contribution in [0.5, 0.6) is 5.75 Å². The van der Waals surface area contributed by atoms with Crippen molar-refractivity contribution in [1.29, 1.82) is 0 Å². The first-order chi connectivity index (χ1) is 13.0. The number of carbonyl (C=O) groups is 1. The molecule has 0 spiro atoms. The third kappa shape index (κ3) is 6.46. The molecule has 27 heavy (non-hydrogen) atoms. The number of hydrogen-bond donors (Lipinski definition) is 1. The van der Waals surface area contributed by atoms with E-state index in [0.29, 0.717) is 42.9 Å². The zero-order chi connectivity index (χ0) is 19.6. The minimum atomic E-state index is -0.552. The summed E-state index contributed by atoms with van der Waals surface area (Å²) < 4.78 is 10.8. The van der Waals surface area contributed by atoms with Crippen molar-refractivity contribution in [3.63, 3.8) is 0 Å².